The molecule has 0 saturated carbocycles. The van der Waals surface area contributed by atoms with Gasteiger partial charge in [0.1, 0.15) is 0 Å². The van der Waals surface area contributed by atoms with Crippen molar-refractivity contribution in [3.8, 4) is 0 Å². The fourth-order valence-corrected chi connectivity index (χ4v) is 2.09. The summed E-state index contributed by atoms with van der Waals surface area (Å²) in [7, 11) is 0. The molecule has 0 bridgehead atoms. The Morgan fingerprint density at radius 2 is 1.00 bits per heavy atom. The van der Waals surface area contributed by atoms with Gasteiger partial charge in [0.15, 0.2) is 0 Å². The van der Waals surface area contributed by atoms with Gasteiger partial charge in [-0.3, -0.25) is 0 Å². The van der Waals surface area contributed by atoms with E-state index in [0.717, 1.165) is 25.7 Å². The minimum absolute atomic E-state index is 0.335. The second kappa shape index (κ2) is 10.1. The van der Waals surface area contributed by atoms with Crippen LogP contribution in [-0.4, -0.2) is 23.4 Å². The summed E-state index contributed by atoms with van der Waals surface area (Å²) in [4.78, 5) is 0. The summed E-state index contributed by atoms with van der Waals surface area (Å²) in [6, 6.07) is 0. The van der Waals surface area contributed by atoms with Crippen LogP contribution in [0.25, 0.3) is 0 Å². The van der Waals surface area contributed by atoms with E-state index in [1.807, 2.05) is 0 Å². The highest BCUT2D eigenvalue weighted by atomic mass is 16.3. The monoisotopic (exact) mass is 230 g/mol. The number of hydrogen-bond donors (Lipinski definition) is 2. The maximum Gasteiger partial charge on any atom is 0.0431 e. The van der Waals surface area contributed by atoms with Gasteiger partial charge < -0.3 is 10.2 Å². The fraction of sp³-hybridized carbons (Fsp3) is 1.00. The van der Waals surface area contributed by atoms with Crippen LogP contribution in [0.5, 0.6) is 0 Å². The van der Waals surface area contributed by atoms with Crippen LogP contribution in [0.15, 0.2) is 0 Å². The molecule has 0 spiro atoms. The summed E-state index contributed by atoms with van der Waals surface area (Å²) in [5, 5.41) is 17.4. The molecule has 0 heterocycles. The van der Waals surface area contributed by atoms with Gasteiger partial charge >= 0.3 is 0 Å². The zero-order valence-corrected chi connectivity index (χ0v) is 11.2. The SMILES string of the molecule is CC(C)(CCCCCO)CCCCCCO. The van der Waals surface area contributed by atoms with E-state index >= 15 is 0 Å². The Bertz CT molecular complexity index is 144. The molecule has 16 heavy (non-hydrogen) atoms. The van der Waals surface area contributed by atoms with E-state index in [9.17, 15) is 0 Å². The lowest BCUT2D eigenvalue weighted by Crippen LogP contribution is -2.11. The van der Waals surface area contributed by atoms with Crippen molar-refractivity contribution in [3.05, 3.63) is 0 Å². The molecular formula is C14H30O2. The van der Waals surface area contributed by atoms with Crippen LogP contribution >= 0.6 is 0 Å². The third kappa shape index (κ3) is 10.4. The van der Waals surface area contributed by atoms with Crippen LogP contribution < -0.4 is 0 Å². The Morgan fingerprint density at radius 1 is 0.625 bits per heavy atom. The van der Waals surface area contributed by atoms with Gasteiger partial charge in [-0.25, -0.2) is 0 Å². The highest BCUT2D eigenvalue weighted by Crippen LogP contribution is 2.30. The van der Waals surface area contributed by atoms with Gasteiger partial charge in [0, 0.05) is 13.2 Å². The van der Waals surface area contributed by atoms with Gasteiger partial charge in [0.2, 0.25) is 0 Å². The number of aliphatic hydroxyl groups excluding tert-OH is 2. The number of rotatable bonds is 11. The first-order valence-corrected chi connectivity index (χ1v) is 6.84. The third-order valence-electron chi connectivity index (χ3n) is 3.27. The molecule has 0 aliphatic carbocycles. The molecule has 0 aromatic rings. The Hall–Kier alpha value is -0.0800. The van der Waals surface area contributed by atoms with Gasteiger partial charge in [-0.05, 0) is 31.1 Å². The Morgan fingerprint density at radius 3 is 1.44 bits per heavy atom. The van der Waals surface area contributed by atoms with Crippen LogP contribution in [0, 0.1) is 5.41 Å². The normalized spacial score (nSPS) is 12.0. The van der Waals surface area contributed by atoms with Crippen LogP contribution in [0.3, 0.4) is 0 Å². The lowest BCUT2D eigenvalue weighted by Gasteiger charge is -2.24. The molecule has 0 radical (unpaired) electrons. The molecule has 0 aromatic carbocycles. The molecule has 0 aromatic heterocycles. The Balaban J connectivity index is 3.38. The Kier molecular flexibility index (Phi) is 10.0. The lowest BCUT2D eigenvalue weighted by molar-refractivity contribution is 0.256. The second-order valence-electron chi connectivity index (χ2n) is 5.59. The van der Waals surface area contributed by atoms with Crippen molar-refractivity contribution < 1.29 is 10.2 Å². The summed E-state index contributed by atoms with van der Waals surface area (Å²) in [6.45, 7) is 5.36. The van der Waals surface area contributed by atoms with Gasteiger partial charge in [0.25, 0.3) is 0 Å². The zero-order valence-electron chi connectivity index (χ0n) is 11.2. The minimum Gasteiger partial charge on any atom is -0.396 e. The molecule has 0 rings (SSSR count). The fourth-order valence-electron chi connectivity index (χ4n) is 2.09. The number of aliphatic hydroxyl groups is 2. The van der Waals surface area contributed by atoms with Crippen LogP contribution in [0.1, 0.15) is 71.6 Å². The van der Waals surface area contributed by atoms with Gasteiger partial charge in [0.05, 0.1) is 0 Å². The molecule has 2 heteroatoms. The molecule has 98 valence electrons. The average Bonchev–Trinajstić information content (AvgIpc) is 2.24. The predicted molar refractivity (Wildman–Crippen MR) is 69.5 cm³/mol. The lowest BCUT2D eigenvalue weighted by atomic mass is 9.82. The molecular weight excluding hydrogens is 200 g/mol. The first kappa shape index (κ1) is 15.9. The summed E-state index contributed by atoms with van der Waals surface area (Å²) < 4.78 is 0. The largest absolute Gasteiger partial charge is 0.396 e. The maximum atomic E-state index is 8.70. The van der Waals surface area contributed by atoms with Crippen molar-refractivity contribution in [2.45, 2.75) is 71.6 Å². The summed E-state index contributed by atoms with van der Waals surface area (Å²) >= 11 is 0. The van der Waals surface area contributed by atoms with Crippen molar-refractivity contribution in [1.29, 1.82) is 0 Å². The summed E-state index contributed by atoms with van der Waals surface area (Å²) in [5.41, 5.74) is 0.453. The van der Waals surface area contributed by atoms with E-state index < -0.39 is 0 Å². The van der Waals surface area contributed by atoms with E-state index in [0.29, 0.717) is 18.6 Å². The molecule has 0 saturated heterocycles. The van der Waals surface area contributed by atoms with Crippen molar-refractivity contribution in [1.82, 2.24) is 0 Å². The summed E-state index contributed by atoms with van der Waals surface area (Å²) in [6.07, 6.45) is 10.6. The van der Waals surface area contributed by atoms with Crippen LogP contribution in [0.2, 0.25) is 0 Å². The third-order valence-corrected chi connectivity index (χ3v) is 3.27. The van der Waals surface area contributed by atoms with Crippen LogP contribution in [0.4, 0.5) is 0 Å². The first-order valence-electron chi connectivity index (χ1n) is 6.84. The molecule has 0 atom stereocenters. The van der Waals surface area contributed by atoms with Gasteiger partial charge in [-0.1, -0.05) is 46.0 Å². The first-order chi connectivity index (χ1) is 7.62. The number of hydrogen-bond acceptors (Lipinski definition) is 2. The minimum atomic E-state index is 0.335. The Labute approximate surface area is 101 Å². The molecule has 0 aliphatic rings. The molecule has 0 amide bonds. The van der Waals surface area contributed by atoms with E-state index in [2.05, 4.69) is 13.8 Å². The van der Waals surface area contributed by atoms with E-state index in [4.69, 9.17) is 10.2 Å². The molecule has 0 fully saturated rings. The van der Waals surface area contributed by atoms with Crippen molar-refractivity contribution >= 4 is 0 Å². The smallest absolute Gasteiger partial charge is 0.0431 e. The highest BCUT2D eigenvalue weighted by Gasteiger charge is 2.16. The van der Waals surface area contributed by atoms with Crippen molar-refractivity contribution in [2.24, 2.45) is 5.41 Å². The van der Waals surface area contributed by atoms with Crippen molar-refractivity contribution in [2.75, 3.05) is 13.2 Å². The van der Waals surface area contributed by atoms with E-state index in [1.54, 1.807) is 0 Å². The van der Waals surface area contributed by atoms with Crippen molar-refractivity contribution in [3.63, 3.8) is 0 Å². The molecule has 2 N–H and O–H groups in total. The summed E-state index contributed by atoms with van der Waals surface area (Å²) in [5.74, 6) is 0. The quantitative estimate of drug-likeness (QED) is 0.533. The van der Waals surface area contributed by atoms with E-state index in [1.165, 1.54) is 32.1 Å². The molecule has 0 aliphatic heterocycles. The second-order valence-corrected chi connectivity index (χ2v) is 5.59. The number of unbranched alkanes of at least 4 members (excludes halogenated alkanes) is 5. The standard InChI is InChI=1S/C14H30O2/c1-14(2,11-7-5-9-13-16)10-6-3-4-8-12-15/h15-16H,3-13H2,1-2H3. The van der Waals surface area contributed by atoms with E-state index in [-0.39, 0.29) is 0 Å². The molecule has 0 unspecified atom stereocenters. The van der Waals surface area contributed by atoms with Gasteiger partial charge in [-0.15, -0.1) is 0 Å². The zero-order chi connectivity index (χ0) is 12.3. The maximum absolute atomic E-state index is 8.70. The van der Waals surface area contributed by atoms with Gasteiger partial charge in [-0.2, -0.15) is 0 Å². The van der Waals surface area contributed by atoms with Crippen LogP contribution in [-0.2, 0) is 0 Å². The predicted octanol–water partition coefficient (Wildman–Crippen LogP) is 3.51. The average molecular weight is 230 g/mol. The highest BCUT2D eigenvalue weighted by molar-refractivity contribution is 4.68. The molecule has 2 nitrogen and oxygen atoms in total. The topological polar surface area (TPSA) is 40.5 Å².